The summed E-state index contributed by atoms with van der Waals surface area (Å²) in [6, 6.07) is 6.29. The molecule has 0 unspecified atom stereocenters. The minimum atomic E-state index is 0.885. The fourth-order valence-electron chi connectivity index (χ4n) is 2.07. The Hall–Kier alpha value is -1.18. The van der Waals surface area contributed by atoms with E-state index in [1.807, 2.05) is 6.07 Å². The van der Waals surface area contributed by atoms with Crippen molar-refractivity contribution in [2.75, 3.05) is 24.2 Å². The third kappa shape index (κ3) is 2.25. The highest BCUT2D eigenvalue weighted by molar-refractivity contribution is 5.57. The van der Waals surface area contributed by atoms with E-state index in [1.54, 1.807) is 0 Å². The second-order valence-electron chi connectivity index (χ2n) is 4.72. The van der Waals surface area contributed by atoms with E-state index in [-0.39, 0.29) is 0 Å². The lowest BCUT2D eigenvalue weighted by Gasteiger charge is -2.31. The van der Waals surface area contributed by atoms with Gasteiger partial charge >= 0.3 is 0 Å². The van der Waals surface area contributed by atoms with Crippen LogP contribution in [0, 0.1) is 12.8 Å². The molecule has 0 atom stereocenters. The number of aryl methyl sites for hydroxylation is 1. The molecule has 2 nitrogen and oxygen atoms in total. The molecule has 0 radical (unpaired) electrons. The maximum absolute atomic E-state index is 5.81. The van der Waals surface area contributed by atoms with Crippen LogP contribution in [0.2, 0.25) is 0 Å². The van der Waals surface area contributed by atoms with Crippen molar-refractivity contribution in [1.29, 1.82) is 0 Å². The molecule has 1 aromatic rings. The monoisotopic (exact) mass is 204 g/mol. The predicted molar refractivity (Wildman–Crippen MR) is 66.2 cm³/mol. The van der Waals surface area contributed by atoms with Gasteiger partial charge in [-0.05, 0) is 49.4 Å². The van der Waals surface area contributed by atoms with Gasteiger partial charge in [0.05, 0.1) is 0 Å². The van der Waals surface area contributed by atoms with Crippen molar-refractivity contribution in [3.05, 3.63) is 23.8 Å². The van der Waals surface area contributed by atoms with Crippen LogP contribution in [0.5, 0.6) is 0 Å². The lowest BCUT2D eigenvalue weighted by molar-refractivity contribution is 0.321. The zero-order chi connectivity index (χ0) is 10.8. The highest BCUT2D eigenvalue weighted by atomic mass is 15.1. The SMILES string of the molecule is Cc1cc(N(C)CC2CCC2)ccc1N. The van der Waals surface area contributed by atoms with Crippen molar-refractivity contribution in [3.63, 3.8) is 0 Å². The number of nitrogen functional groups attached to an aromatic ring is 1. The first kappa shape index (κ1) is 10.3. The van der Waals surface area contributed by atoms with Crippen LogP contribution >= 0.6 is 0 Å². The number of hydrogen-bond acceptors (Lipinski definition) is 2. The third-order valence-corrected chi connectivity index (χ3v) is 3.45. The smallest absolute Gasteiger partial charge is 0.0367 e. The van der Waals surface area contributed by atoms with Gasteiger partial charge < -0.3 is 10.6 Å². The van der Waals surface area contributed by atoms with E-state index in [4.69, 9.17) is 5.73 Å². The number of nitrogens with zero attached hydrogens (tertiary/aromatic N) is 1. The minimum absolute atomic E-state index is 0.885. The van der Waals surface area contributed by atoms with Crippen molar-refractivity contribution in [1.82, 2.24) is 0 Å². The summed E-state index contributed by atoms with van der Waals surface area (Å²) >= 11 is 0. The Morgan fingerprint density at radius 1 is 1.40 bits per heavy atom. The lowest BCUT2D eigenvalue weighted by Crippen LogP contribution is -2.29. The molecule has 0 aromatic heterocycles. The van der Waals surface area contributed by atoms with Gasteiger partial charge in [-0.25, -0.2) is 0 Å². The first-order chi connectivity index (χ1) is 7.16. The lowest BCUT2D eigenvalue weighted by atomic mass is 9.85. The van der Waals surface area contributed by atoms with E-state index < -0.39 is 0 Å². The van der Waals surface area contributed by atoms with Crippen molar-refractivity contribution in [2.45, 2.75) is 26.2 Å². The molecule has 1 aromatic carbocycles. The summed E-state index contributed by atoms with van der Waals surface area (Å²) in [6.45, 7) is 3.25. The molecule has 0 amide bonds. The Morgan fingerprint density at radius 2 is 2.13 bits per heavy atom. The Bertz CT molecular complexity index is 342. The average Bonchev–Trinajstić information content (AvgIpc) is 2.15. The molecule has 0 heterocycles. The molecule has 15 heavy (non-hydrogen) atoms. The zero-order valence-electron chi connectivity index (χ0n) is 9.66. The van der Waals surface area contributed by atoms with E-state index in [0.29, 0.717) is 0 Å². The summed E-state index contributed by atoms with van der Waals surface area (Å²) in [5.41, 5.74) is 9.15. The van der Waals surface area contributed by atoms with Crippen LogP contribution in [0.4, 0.5) is 11.4 Å². The number of benzene rings is 1. The fraction of sp³-hybridized carbons (Fsp3) is 0.538. The molecule has 2 rings (SSSR count). The van der Waals surface area contributed by atoms with Crippen molar-refractivity contribution in [3.8, 4) is 0 Å². The molecule has 0 saturated heterocycles. The molecule has 1 aliphatic rings. The molecule has 1 saturated carbocycles. The van der Waals surface area contributed by atoms with E-state index in [9.17, 15) is 0 Å². The van der Waals surface area contributed by atoms with Crippen LogP contribution in [0.1, 0.15) is 24.8 Å². The Balaban J connectivity index is 2.03. The van der Waals surface area contributed by atoms with E-state index >= 15 is 0 Å². The summed E-state index contributed by atoms with van der Waals surface area (Å²) in [4.78, 5) is 2.34. The minimum Gasteiger partial charge on any atom is -0.399 e. The number of nitrogens with two attached hydrogens (primary N) is 1. The second-order valence-corrected chi connectivity index (χ2v) is 4.72. The summed E-state index contributed by atoms with van der Waals surface area (Å²) in [5.74, 6) is 0.910. The molecule has 0 aliphatic heterocycles. The van der Waals surface area contributed by atoms with Crippen LogP contribution in [0.15, 0.2) is 18.2 Å². The average molecular weight is 204 g/mol. The van der Waals surface area contributed by atoms with E-state index in [0.717, 1.165) is 11.6 Å². The van der Waals surface area contributed by atoms with Crippen LogP contribution in [0.25, 0.3) is 0 Å². The second kappa shape index (κ2) is 4.13. The van der Waals surface area contributed by atoms with Gasteiger partial charge in [-0.2, -0.15) is 0 Å². The molecule has 2 heteroatoms. The summed E-state index contributed by atoms with van der Waals surface area (Å²) < 4.78 is 0. The first-order valence-corrected chi connectivity index (χ1v) is 5.74. The Morgan fingerprint density at radius 3 is 2.67 bits per heavy atom. The van der Waals surface area contributed by atoms with Gasteiger partial charge in [0.15, 0.2) is 0 Å². The fourth-order valence-corrected chi connectivity index (χ4v) is 2.07. The van der Waals surface area contributed by atoms with Crippen molar-refractivity contribution in [2.24, 2.45) is 5.92 Å². The first-order valence-electron chi connectivity index (χ1n) is 5.74. The summed E-state index contributed by atoms with van der Waals surface area (Å²) in [7, 11) is 2.17. The molecule has 1 fully saturated rings. The highest BCUT2D eigenvalue weighted by Gasteiger charge is 2.19. The third-order valence-electron chi connectivity index (χ3n) is 3.45. The standard InChI is InChI=1S/C13H20N2/c1-10-8-12(6-7-13(10)14)15(2)9-11-4-3-5-11/h6-8,11H,3-5,9,14H2,1-2H3. The maximum atomic E-state index is 5.81. The summed E-state index contributed by atoms with van der Waals surface area (Å²) in [6.07, 6.45) is 4.22. The predicted octanol–water partition coefficient (Wildman–Crippen LogP) is 2.81. The van der Waals surface area contributed by atoms with Crippen molar-refractivity contribution < 1.29 is 0 Å². The maximum Gasteiger partial charge on any atom is 0.0367 e. The molecule has 82 valence electrons. The topological polar surface area (TPSA) is 29.3 Å². The normalized spacial score (nSPS) is 16.1. The van der Waals surface area contributed by atoms with Crippen LogP contribution in [0.3, 0.4) is 0 Å². The quantitative estimate of drug-likeness (QED) is 0.767. The van der Waals surface area contributed by atoms with Crippen LogP contribution < -0.4 is 10.6 Å². The van der Waals surface area contributed by atoms with Crippen LogP contribution in [-0.2, 0) is 0 Å². The molecule has 0 bridgehead atoms. The van der Waals surface area contributed by atoms with Gasteiger partial charge in [0.25, 0.3) is 0 Å². The molecule has 0 spiro atoms. The van der Waals surface area contributed by atoms with Gasteiger partial charge in [0.2, 0.25) is 0 Å². The van der Waals surface area contributed by atoms with Crippen molar-refractivity contribution >= 4 is 11.4 Å². The highest BCUT2D eigenvalue weighted by Crippen LogP contribution is 2.29. The number of hydrogen-bond donors (Lipinski definition) is 1. The molecular formula is C13H20N2. The van der Waals surface area contributed by atoms with E-state index in [2.05, 4.69) is 31.0 Å². The molecule has 1 aliphatic carbocycles. The number of rotatable bonds is 3. The van der Waals surface area contributed by atoms with Crippen LogP contribution in [-0.4, -0.2) is 13.6 Å². The Labute approximate surface area is 92.1 Å². The van der Waals surface area contributed by atoms with Gasteiger partial charge in [-0.15, -0.1) is 0 Å². The van der Waals surface area contributed by atoms with Gasteiger partial charge in [0, 0.05) is 25.0 Å². The Kier molecular flexibility index (Phi) is 2.85. The largest absolute Gasteiger partial charge is 0.399 e. The molecule has 2 N–H and O–H groups in total. The zero-order valence-corrected chi connectivity index (χ0v) is 9.66. The molecular weight excluding hydrogens is 184 g/mol. The van der Waals surface area contributed by atoms with E-state index in [1.165, 1.54) is 37.1 Å². The van der Waals surface area contributed by atoms with Gasteiger partial charge in [-0.3, -0.25) is 0 Å². The number of anilines is 2. The van der Waals surface area contributed by atoms with Gasteiger partial charge in [0.1, 0.15) is 0 Å². The summed E-state index contributed by atoms with van der Waals surface area (Å²) in [5, 5.41) is 0. The van der Waals surface area contributed by atoms with Gasteiger partial charge in [-0.1, -0.05) is 6.42 Å².